The van der Waals surface area contributed by atoms with E-state index in [2.05, 4.69) is 54.5 Å². The number of benzene rings is 2. The molecule has 5 rings (SSSR count). The van der Waals surface area contributed by atoms with Crippen molar-refractivity contribution in [2.45, 2.75) is 107 Å². The minimum absolute atomic E-state index is 0.273. The maximum absolute atomic E-state index is 12.2. The second-order valence-electron chi connectivity index (χ2n) is 13.1. The van der Waals surface area contributed by atoms with Crippen molar-refractivity contribution in [2.75, 3.05) is 13.2 Å². The molecule has 47 heavy (non-hydrogen) atoms. The predicted molar refractivity (Wildman–Crippen MR) is 177 cm³/mol. The Morgan fingerprint density at radius 1 is 1.02 bits per heavy atom. The molecular formula is C37H48N2O8. The van der Waals surface area contributed by atoms with Crippen molar-refractivity contribution in [1.82, 2.24) is 10.3 Å². The third-order valence-electron chi connectivity index (χ3n) is 9.34. The number of nitrogens with one attached hydrogen (secondary N) is 1. The predicted octanol–water partition coefficient (Wildman–Crippen LogP) is 3.63. The van der Waals surface area contributed by atoms with Crippen LogP contribution in [0.25, 0.3) is 11.1 Å². The summed E-state index contributed by atoms with van der Waals surface area (Å²) in [6, 6.07) is 16.8. The first-order valence-electron chi connectivity index (χ1n) is 16.7. The van der Waals surface area contributed by atoms with Crippen LogP contribution in [-0.2, 0) is 21.7 Å². The molecule has 0 spiro atoms. The molecule has 6 N–H and O–H groups in total. The van der Waals surface area contributed by atoms with Gasteiger partial charge in [0.25, 0.3) is 5.91 Å². The summed E-state index contributed by atoms with van der Waals surface area (Å²) >= 11 is 0. The molecule has 2 aromatic carbocycles. The first kappa shape index (κ1) is 34.9. The quantitative estimate of drug-likeness (QED) is 0.113. The fourth-order valence-electron chi connectivity index (χ4n) is 5.86. The van der Waals surface area contributed by atoms with Gasteiger partial charge in [0.1, 0.15) is 24.1 Å². The van der Waals surface area contributed by atoms with E-state index >= 15 is 0 Å². The molecule has 0 saturated heterocycles. The number of rotatable bonds is 18. The molecule has 254 valence electrons. The van der Waals surface area contributed by atoms with Gasteiger partial charge in [-0.2, -0.15) is 0 Å². The summed E-state index contributed by atoms with van der Waals surface area (Å²) in [6.07, 6.45) is 3.18. The van der Waals surface area contributed by atoms with E-state index in [1.165, 1.54) is 11.1 Å². The normalized spacial score (nSPS) is 18.5. The molecule has 1 amide bonds. The zero-order valence-corrected chi connectivity index (χ0v) is 27.2. The molecule has 2 fully saturated rings. The number of amides is 1. The van der Waals surface area contributed by atoms with E-state index in [0.717, 1.165) is 66.5 Å². The van der Waals surface area contributed by atoms with Crippen LogP contribution < -0.4 is 10.1 Å². The third kappa shape index (κ3) is 8.76. The number of hydrogen-bond acceptors (Lipinski definition) is 9. The van der Waals surface area contributed by atoms with Gasteiger partial charge in [-0.15, -0.1) is 0 Å². The van der Waals surface area contributed by atoms with Crippen molar-refractivity contribution in [3.63, 3.8) is 0 Å². The zero-order valence-electron chi connectivity index (χ0n) is 27.2. The Hall–Kier alpha value is -3.38. The van der Waals surface area contributed by atoms with Gasteiger partial charge in [0.05, 0.1) is 24.9 Å². The van der Waals surface area contributed by atoms with Crippen molar-refractivity contribution in [3.8, 4) is 16.9 Å². The summed E-state index contributed by atoms with van der Waals surface area (Å²) < 4.78 is 13.0. The van der Waals surface area contributed by atoms with E-state index in [-0.39, 0.29) is 18.1 Å². The summed E-state index contributed by atoms with van der Waals surface area (Å²) in [5.74, 6) is 0.334. The summed E-state index contributed by atoms with van der Waals surface area (Å²) in [5.41, 5.74) is 6.43. The van der Waals surface area contributed by atoms with E-state index in [9.17, 15) is 25.2 Å². The van der Waals surface area contributed by atoms with Crippen molar-refractivity contribution < 1.29 is 39.8 Å². The number of aliphatic hydroxyl groups excluding tert-OH is 5. The molecule has 2 aliphatic carbocycles. The fourth-order valence-corrected chi connectivity index (χ4v) is 5.86. The largest absolute Gasteiger partial charge is 0.490 e. The number of unbranched alkanes of at least 4 members (excludes halogenated alkanes) is 1. The molecule has 0 radical (unpaired) electrons. The van der Waals surface area contributed by atoms with Crippen LogP contribution in [0.5, 0.6) is 5.75 Å². The first-order valence-corrected chi connectivity index (χ1v) is 16.7. The second-order valence-corrected chi connectivity index (χ2v) is 13.1. The highest BCUT2D eigenvalue weighted by atomic mass is 16.5. The Kier molecular flexibility index (Phi) is 11.7. The highest BCUT2D eigenvalue weighted by Gasteiger charge is 2.48. The molecule has 1 aromatic heterocycles. The van der Waals surface area contributed by atoms with Gasteiger partial charge in [0.15, 0.2) is 6.10 Å². The standard InChI is InChI=1S/C37H48N2O8/c1-23(7-5-6-17-39-36(45)35(44)34(43)33(42)31(41)21-40)25-11-10-24(2)26(19-25)22-46-37(15-16-37)30-20-38-18-14-28(30)29-8-3-4-9-32(29)47-27-12-13-27/h3-4,8-11,14,18-20,23,27,31,33-35,40-44H,5-7,12-13,15-17,21-22H2,1-2H3,(H,39,45). The van der Waals surface area contributed by atoms with Crippen LogP contribution in [-0.4, -0.2) is 80.1 Å². The lowest BCUT2D eigenvalue weighted by Crippen LogP contribution is -2.51. The third-order valence-corrected chi connectivity index (χ3v) is 9.34. The van der Waals surface area contributed by atoms with Gasteiger partial charge >= 0.3 is 0 Å². The van der Waals surface area contributed by atoms with Gasteiger partial charge in [-0.05, 0) is 85.8 Å². The van der Waals surface area contributed by atoms with Gasteiger partial charge in [0.2, 0.25) is 0 Å². The average molecular weight is 649 g/mol. The number of para-hydroxylation sites is 1. The smallest absolute Gasteiger partial charge is 0.251 e. The molecule has 0 bridgehead atoms. The number of ether oxygens (including phenoxy) is 2. The Morgan fingerprint density at radius 2 is 1.79 bits per heavy atom. The summed E-state index contributed by atoms with van der Waals surface area (Å²) in [6.45, 7) is 4.25. The number of aliphatic hydroxyl groups is 5. The van der Waals surface area contributed by atoms with Gasteiger partial charge in [-0.1, -0.05) is 49.7 Å². The number of aryl methyl sites for hydroxylation is 1. The van der Waals surface area contributed by atoms with Crippen molar-refractivity contribution in [2.24, 2.45) is 0 Å². The number of carbonyl (C=O) groups excluding carboxylic acids is 1. The lowest BCUT2D eigenvalue weighted by atomic mass is 9.92. The Morgan fingerprint density at radius 3 is 2.51 bits per heavy atom. The summed E-state index contributed by atoms with van der Waals surface area (Å²) in [4.78, 5) is 16.6. The molecule has 2 saturated carbocycles. The number of aromatic nitrogens is 1. The Bertz CT molecular complexity index is 1490. The van der Waals surface area contributed by atoms with E-state index < -0.39 is 36.9 Å². The maximum Gasteiger partial charge on any atom is 0.251 e. The van der Waals surface area contributed by atoms with Crippen LogP contribution in [0, 0.1) is 6.92 Å². The van der Waals surface area contributed by atoms with Crippen LogP contribution in [0.2, 0.25) is 0 Å². The molecular weight excluding hydrogens is 600 g/mol. The minimum atomic E-state index is -1.92. The number of nitrogens with zero attached hydrogens (tertiary/aromatic N) is 1. The molecule has 5 atom stereocenters. The van der Waals surface area contributed by atoms with Crippen molar-refractivity contribution in [1.29, 1.82) is 0 Å². The lowest BCUT2D eigenvalue weighted by Gasteiger charge is -2.25. The molecule has 1 heterocycles. The molecule has 10 nitrogen and oxygen atoms in total. The van der Waals surface area contributed by atoms with E-state index in [1.54, 1.807) is 0 Å². The minimum Gasteiger partial charge on any atom is -0.490 e. The molecule has 5 unspecified atom stereocenters. The number of carbonyl (C=O) groups is 1. The van der Waals surface area contributed by atoms with E-state index in [0.29, 0.717) is 19.1 Å². The monoisotopic (exact) mass is 648 g/mol. The second kappa shape index (κ2) is 15.7. The first-order chi connectivity index (χ1) is 22.6. The molecule has 2 aliphatic rings. The SMILES string of the molecule is Cc1ccc(C(C)CCCCNC(=O)C(O)C(O)C(O)C(O)CO)cc1COC1(c2cnccc2-c2ccccc2OC2CC2)CC1. The molecule has 10 heteroatoms. The van der Waals surface area contributed by atoms with Crippen LogP contribution in [0.4, 0.5) is 0 Å². The van der Waals surface area contributed by atoms with E-state index in [1.807, 2.05) is 30.6 Å². The number of pyridine rings is 1. The van der Waals surface area contributed by atoms with Gasteiger partial charge in [-0.25, -0.2) is 0 Å². The topological polar surface area (TPSA) is 162 Å². The van der Waals surface area contributed by atoms with Crippen LogP contribution >= 0.6 is 0 Å². The lowest BCUT2D eigenvalue weighted by molar-refractivity contribution is -0.148. The highest BCUT2D eigenvalue weighted by Crippen LogP contribution is 2.53. The van der Waals surface area contributed by atoms with Crippen LogP contribution in [0.3, 0.4) is 0 Å². The summed E-state index contributed by atoms with van der Waals surface area (Å²) in [5, 5.41) is 50.5. The fraction of sp³-hybridized carbons (Fsp3) is 0.514. The highest BCUT2D eigenvalue weighted by molar-refractivity contribution is 5.81. The number of hydrogen-bond donors (Lipinski definition) is 6. The average Bonchev–Trinajstić information content (AvgIpc) is 4.04. The van der Waals surface area contributed by atoms with Crippen molar-refractivity contribution in [3.05, 3.63) is 83.2 Å². The van der Waals surface area contributed by atoms with Crippen LogP contribution in [0.15, 0.2) is 60.9 Å². The van der Waals surface area contributed by atoms with Crippen LogP contribution in [0.1, 0.15) is 80.0 Å². The zero-order chi connectivity index (χ0) is 33.6. The van der Waals surface area contributed by atoms with Crippen molar-refractivity contribution >= 4 is 5.91 Å². The van der Waals surface area contributed by atoms with Gasteiger partial charge < -0.3 is 40.3 Å². The van der Waals surface area contributed by atoms with Gasteiger partial charge in [0, 0.05) is 30.1 Å². The Labute approximate surface area is 276 Å². The maximum atomic E-state index is 12.2. The summed E-state index contributed by atoms with van der Waals surface area (Å²) in [7, 11) is 0. The van der Waals surface area contributed by atoms with E-state index in [4.69, 9.17) is 14.6 Å². The molecule has 3 aromatic rings. The molecule has 0 aliphatic heterocycles. The Balaban J connectivity index is 1.14. The van der Waals surface area contributed by atoms with Gasteiger partial charge in [-0.3, -0.25) is 9.78 Å².